The van der Waals surface area contributed by atoms with Gasteiger partial charge in [-0.2, -0.15) is 0 Å². The highest BCUT2D eigenvalue weighted by Gasteiger charge is 2.45. The fourth-order valence-corrected chi connectivity index (χ4v) is 6.17. The Hall–Kier alpha value is -3.95. The maximum atomic E-state index is 13.0. The SMILES string of the molecule is CC(OC1=CC2=CC(=S)C=C3SC1(C)N=C23)c1cccc(NC(=O)c2[nH]c(=O)c3ccccc3c2O)c1. The molecule has 3 N–H and O–H groups in total. The van der Waals surface area contributed by atoms with E-state index in [1.165, 1.54) is 0 Å². The molecule has 3 aromatic rings. The first-order chi connectivity index (χ1) is 17.7. The Morgan fingerprint density at radius 1 is 1.16 bits per heavy atom. The minimum atomic E-state index is -0.624. The standard InChI is InChI=1S/C28H21N3O4S2/c1-14(35-22-12-16-11-18(36)13-21-23(16)31-28(22,2)37-21)15-6-5-7-17(10-15)29-27(34)24-25(32)19-8-3-4-9-20(19)26(33)30-24/h3-14,32H,1-2H3,(H,29,34)(H,30,33). The summed E-state index contributed by atoms with van der Waals surface area (Å²) in [6, 6.07) is 13.8. The molecule has 3 heterocycles. The molecule has 7 nitrogen and oxygen atoms in total. The number of carbonyl (C=O) groups is 1. The molecule has 3 aliphatic rings. The molecule has 2 atom stereocenters. The zero-order chi connectivity index (χ0) is 25.9. The van der Waals surface area contributed by atoms with Gasteiger partial charge in [-0.05, 0) is 55.8 Å². The Morgan fingerprint density at radius 2 is 1.95 bits per heavy atom. The van der Waals surface area contributed by atoms with Gasteiger partial charge in [-0.15, -0.1) is 0 Å². The number of allylic oxidation sites excluding steroid dienone is 5. The van der Waals surface area contributed by atoms with E-state index in [2.05, 4.69) is 10.3 Å². The largest absolute Gasteiger partial charge is 0.505 e. The fraction of sp³-hybridized carbons (Fsp3) is 0.143. The number of aromatic nitrogens is 1. The van der Waals surface area contributed by atoms with Crippen LogP contribution in [0, 0.1) is 0 Å². The van der Waals surface area contributed by atoms with Gasteiger partial charge < -0.3 is 20.1 Å². The van der Waals surface area contributed by atoms with Crippen LogP contribution in [0.4, 0.5) is 5.69 Å². The van der Waals surface area contributed by atoms with Crippen molar-refractivity contribution in [2.75, 3.05) is 5.32 Å². The Morgan fingerprint density at radius 3 is 2.76 bits per heavy atom. The Balaban J connectivity index is 1.23. The first-order valence-corrected chi connectivity index (χ1v) is 12.9. The topological polar surface area (TPSA) is 104 Å². The molecular weight excluding hydrogens is 506 g/mol. The predicted octanol–water partition coefficient (Wildman–Crippen LogP) is 5.56. The molecule has 37 heavy (non-hydrogen) atoms. The Labute approximate surface area is 221 Å². The van der Waals surface area contributed by atoms with E-state index >= 15 is 0 Å². The highest BCUT2D eigenvalue weighted by atomic mass is 32.2. The van der Waals surface area contributed by atoms with Gasteiger partial charge in [-0.3, -0.25) is 14.6 Å². The first-order valence-electron chi connectivity index (χ1n) is 11.6. The number of rotatable bonds is 5. The lowest BCUT2D eigenvalue weighted by molar-refractivity contribution is 0.101. The molecule has 184 valence electrons. The van der Waals surface area contributed by atoms with Crippen LogP contribution in [-0.2, 0) is 4.74 Å². The molecule has 0 fully saturated rings. The van der Waals surface area contributed by atoms with E-state index in [-0.39, 0.29) is 17.5 Å². The zero-order valence-corrected chi connectivity index (χ0v) is 21.5. The average molecular weight is 528 g/mol. The van der Waals surface area contributed by atoms with E-state index in [0.29, 0.717) is 16.5 Å². The molecular formula is C28H21N3O4S2. The second kappa shape index (κ2) is 8.57. The van der Waals surface area contributed by atoms with E-state index in [1.54, 1.807) is 48.2 Å². The van der Waals surface area contributed by atoms with E-state index in [9.17, 15) is 14.7 Å². The van der Waals surface area contributed by atoms with Gasteiger partial charge in [0.15, 0.2) is 16.3 Å². The van der Waals surface area contributed by atoms with Crippen molar-refractivity contribution in [3.8, 4) is 5.75 Å². The number of aliphatic imine (C=N–C) groups is 1. The summed E-state index contributed by atoms with van der Waals surface area (Å²) >= 11 is 7.02. The molecule has 0 radical (unpaired) electrons. The summed E-state index contributed by atoms with van der Waals surface area (Å²) in [5.74, 6) is -0.163. The van der Waals surface area contributed by atoms with E-state index in [4.69, 9.17) is 21.9 Å². The number of carbonyl (C=O) groups excluding carboxylic acids is 1. The molecule has 1 amide bonds. The fourth-order valence-electron chi connectivity index (χ4n) is 4.63. The van der Waals surface area contributed by atoms with Crippen LogP contribution < -0.4 is 10.9 Å². The molecule has 0 saturated carbocycles. The van der Waals surface area contributed by atoms with Crippen molar-refractivity contribution in [1.29, 1.82) is 0 Å². The molecule has 2 unspecified atom stereocenters. The zero-order valence-electron chi connectivity index (χ0n) is 19.9. The number of thioether (sulfide) groups is 1. The number of fused-ring (bicyclic) bond motifs is 2. The molecule has 6 rings (SSSR count). The van der Waals surface area contributed by atoms with Gasteiger partial charge in [0.05, 0.1) is 11.1 Å². The highest BCUT2D eigenvalue weighted by Crippen LogP contribution is 2.52. The number of thiocarbonyl (C=S) groups is 1. The number of pyridine rings is 1. The summed E-state index contributed by atoms with van der Waals surface area (Å²) in [6.07, 6.45) is 5.57. The normalized spacial score (nSPS) is 20.5. The number of hydrogen-bond donors (Lipinski definition) is 3. The maximum absolute atomic E-state index is 13.0. The van der Waals surface area contributed by atoms with Crippen LogP contribution in [0.25, 0.3) is 10.8 Å². The molecule has 2 bridgehead atoms. The van der Waals surface area contributed by atoms with Crippen molar-refractivity contribution in [2.24, 2.45) is 4.99 Å². The number of nitrogens with one attached hydrogen (secondary N) is 2. The van der Waals surface area contributed by atoms with Crippen LogP contribution >= 0.6 is 24.0 Å². The molecule has 0 saturated heterocycles. The van der Waals surface area contributed by atoms with E-state index in [1.807, 2.05) is 44.2 Å². The van der Waals surface area contributed by atoms with Crippen molar-refractivity contribution in [3.05, 3.63) is 105 Å². The lowest BCUT2D eigenvalue weighted by Gasteiger charge is -2.28. The average Bonchev–Trinajstić information content (AvgIpc) is 3.20. The van der Waals surface area contributed by atoms with Gasteiger partial charge in [0, 0.05) is 26.4 Å². The van der Waals surface area contributed by atoms with Gasteiger partial charge in [0.1, 0.15) is 11.9 Å². The summed E-state index contributed by atoms with van der Waals surface area (Å²) in [6.45, 7) is 3.96. The second-order valence-electron chi connectivity index (χ2n) is 9.13. The van der Waals surface area contributed by atoms with Gasteiger partial charge in [0.2, 0.25) is 0 Å². The van der Waals surface area contributed by atoms with Crippen molar-refractivity contribution in [1.82, 2.24) is 4.98 Å². The van der Waals surface area contributed by atoms with Crippen molar-refractivity contribution in [3.63, 3.8) is 0 Å². The minimum Gasteiger partial charge on any atom is -0.505 e. The number of anilines is 1. The van der Waals surface area contributed by atoms with Crippen molar-refractivity contribution < 1.29 is 14.6 Å². The Kier molecular flexibility index (Phi) is 5.43. The second-order valence-corrected chi connectivity index (χ2v) is 11.0. The van der Waals surface area contributed by atoms with Crippen molar-refractivity contribution in [2.45, 2.75) is 24.8 Å². The van der Waals surface area contributed by atoms with Crippen LogP contribution in [0.15, 0.2) is 92.8 Å². The summed E-state index contributed by atoms with van der Waals surface area (Å²) in [4.78, 5) is 34.0. The first kappa shape index (κ1) is 23.4. The van der Waals surface area contributed by atoms with Crippen LogP contribution in [-0.4, -0.2) is 31.4 Å². The number of amides is 1. The summed E-state index contributed by atoms with van der Waals surface area (Å²) in [7, 11) is 0. The van der Waals surface area contributed by atoms with Crippen LogP contribution in [0.2, 0.25) is 0 Å². The molecule has 2 aliphatic heterocycles. The predicted molar refractivity (Wildman–Crippen MR) is 150 cm³/mol. The van der Waals surface area contributed by atoms with E-state index in [0.717, 1.165) is 32.4 Å². The van der Waals surface area contributed by atoms with Gasteiger partial charge in [0.25, 0.3) is 11.5 Å². The third kappa shape index (κ3) is 4.00. The van der Waals surface area contributed by atoms with Gasteiger partial charge in [-0.1, -0.05) is 54.3 Å². The van der Waals surface area contributed by atoms with Crippen LogP contribution in [0.5, 0.6) is 5.75 Å². The lowest BCUT2D eigenvalue weighted by Crippen LogP contribution is -2.24. The highest BCUT2D eigenvalue weighted by molar-refractivity contribution is 8.06. The summed E-state index contributed by atoms with van der Waals surface area (Å²) < 4.78 is 6.40. The quantitative estimate of drug-likeness (QED) is 0.376. The summed E-state index contributed by atoms with van der Waals surface area (Å²) in [5, 5.41) is 14.0. The summed E-state index contributed by atoms with van der Waals surface area (Å²) in [5.41, 5.74) is 2.61. The maximum Gasteiger partial charge on any atom is 0.276 e. The monoisotopic (exact) mass is 527 g/mol. The molecule has 0 spiro atoms. The number of dihydropyridines is 1. The minimum absolute atomic E-state index is 0.197. The number of benzene rings is 2. The van der Waals surface area contributed by atoms with Gasteiger partial charge >= 0.3 is 0 Å². The number of H-pyrrole nitrogens is 1. The lowest BCUT2D eigenvalue weighted by atomic mass is 9.98. The number of nitrogens with zero attached hydrogens (tertiary/aromatic N) is 1. The third-order valence-corrected chi connectivity index (χ3v) is 7.96. The van der Waals surface area contributed by atoms with Crippen molar-refractivity contribution >= 4 is 56.9 Å². The smallest absolute Gasteiger partial charge is 0.276 e. The number of aromatic amines is 1. The van der Waals surface area contributed by atoms with Crippen LogP contribution in [0.3, 0.4) is 0 Å². The molecule has 1 aliphatic carbocycles. The van der Waals surface area contributed by atoms with Gasteiger partial charge in [-0.25, -0.2) is 0 Å². The Bertz CT molecular complexity index is 1720. The number of ether oxygens (including phenoxy) is 1. The molecule has 1 aromatic heterocycles. The number of hydrogen-bond acceptors (Lipinski definition) is 7. The molecule has 2 aromatic carbocycles. The van der Waals surface area contributed by atoms with Crippen LogP contribution in [0.1, 0.15) is 36.0 Å². The molecule has 9 heteroatoms. The number of aromatic hydroxyl groups is 1. The van der Waals surface area contributed by atoms with E-state index < -0.39 is 16.3 Å². The third-order valence-electron chi connectivity index (χ3n) is 6.50.